The largest absolute Gasteiger partial charge is 0.497 e. The third kappa shape index (κ3) is 6.08. The lowest BCUT2D eigenvalue weighted by Crippen LogP contribution is -2.30. The lowest BCUT2D eigenvalue weighted by Gasteiger charge is -2.07. The van der Waals surface area contributed by atoms with Gasteiger partial charge in [-0.05, 0) is 30.7 Å². The molecule has 0 fully saturated rings. The number of ether oxygens (including phenoxy) is 3. The van der Waals surface area contributed by atoms with Crippen LogP contribution >= 0.6 is 0 Å². The molecule has 6 nitrogen and oxygen atoms in total. The summed E-state index contributed by atoms with van der Waals surface area (Å²) in [5.74, 6) is 0.322. The van der Waals surface area contributed by atoms with Gasteiger partial charge in [0, 0.05) is 6.54 Å². The molecule has 0 aromatic heterocycles. The summed E-state index contributed by atoms with van der Waals surface area (Å²) in [5, 5.41) is 2.60. The lowest BCUT2D eigenvalue weighted by molar-refractivity contribution is -0.150. The minimum absolute atomic E-state index is 0.243. The number of hydrogen-bond donors (Lipinski definition) is 1. The van der Waals surface area contributed by atoms with Gasteiger partial charge in [0.25, 0.3) is 5.91 Å². The summed E-state index contributed by atoms with van der Waals surface area (Å²) in [7, 11) is 1.57. The molecule has 0 spiro atoms. The van der Waals surface area contributed by atoms with Gasteiger partial charge in [0.15, 0.2) is 13.2 Å². The zero-order valence-electron chi connectivity index (χ0n) is 11.7. The van der Waals surface area contributed by atoms with Gasteiger partial charge in [-0.1, -0.05) is 6.92 Å². The average molecular weight is 281 g/mol. The number of carbonyl (C=O) groups excluding carboxylic acids is 2. The number of hydrogen-bond acceptors (Lipinski definition) is 5. The Balaban J connectivity index is 2.23. The molecule has 1 N–H and O–H groups in total. The topological polar surface area (TPSA) is 73.9 Å². The predicted octanol–water partition coefficient (Wildman–Crippen LogP) is 1.14. The summed E-state index contributed by atoms with van der Waals surface area (Å²) in [6.45, 7) is 1.98. The molecule has 6 heteroatoms. The third-order valence-corrected chi connectivity index (χ3v) is 2.35. The molecule has 1 aromatic rings. The molecular weight excluding hydrogens is 262 g/mol. The van der Waals surface area contributed by atoms with Crippen LogP contribution in [0.15, 0.2) is 24.3 Å². The van der Waals surface area contributed by atoms with Crippen molar-refractivity contribution in [2.45, 2.75) is 13.3 Å². The summed E-state index contributed by atoms with van der Waals surface area (Å²) in [4.78, 5) is 22.6. The molecule has 0 bridgehead atoms. The second-order valence-electron chi connectivity index (χ2n) is 3.97. The number of nitrogens with one attached hydrogen (secondary N) is 1. The third-order valence-electron chi connectivity index (χ3n) is 2.35. The SMILES string of the molecule is CCCNC(=O)COC(=O)COc1ccc(OC)cc1. The van der Waals surface area contributed by atoms with E-state index in [0.29, 0.717) is 18.0 Å². The second-order valence-corrected chi connectivity index (χ2v) is 3.97. The van der Waals surface area contributed by atoms with E-state index in [1.807, 2.05) is 6.92 Å². The summed E-state index contributed by atoms with van der Waals surface area (Å²) >= 11 is 0. The van der Waals surface area contributed by atoms with Crippen molar-refractivity contribution in [2.24, 2.45) is 0 Å². The molecule has 0 atom stereocenters. The van der Waals surface area contributed by atoms with E-state index in [4.69, 9.17) is 14.2 Å². The molecule has 1 amide bonds. The maximum Gasteiger partial charge on any atom is 0.344 e. The predicted molar refractivity (Wildman–Crippen MR) is 72.7 cm³/mol. The van der Waals surface area contributed by atoms with Crippen LogP contribution in [0.2, 0.25) is 0 Å². The maximum atomic E-state index is 11.4. The minimum Gasteiger partial charge on any atom is -0.497 e. The van der Waals surface area contributed by atoms with Crippen molar-refractivity contribution in [3.05, 3.63) is 24.3 Å². The molecule has 110 valence electrons. The summed E-state index contributed by atoms with van der Waals surface area (Å²) in [5.41, 5.74) is 0. The van der Waals surface area contributed by atoms with Crippen molar-refractivity contribution >= 4 is 11.9 Å². The summed E-state index contributed by atoms with van der Waals surface area (Å²) in [6.07, 6.45) is 0.834. The fourth-order valence-corrected chi connectivity index (χ4v) is 1.32. The normalized spacial score (nSPS) is 9.70. The van der Waals surface area contributed by atoms with Crippen molar-refractivity contribution in [2.75, 3.05) is 26.9 Å². The molecule has 0 radical (unpaired) electrons. The summed E-state index contributed by atoms with van der Waals surface area (Å²) in [6, 6.07) is 6.80. The second kappa shape index (κ2) is 8.79. The van der Waals surface area contributed by atoms with Gasteiger partial charge >= 0.3 is 5.97 Å². The van der Waals surface area contributed by atoms with Crippen LogP contribution in [0, 0.1) is 0 Å². The molecule has 0 heterocycles. The van der Waals surface area contributed by atoms with Crippen LogP contribution < -0.4 is 14.8 Å². The fraction of sp³-hybridized carbons (Fsp3) is 0.429. The quantitative estimate of drug-likeness (QED) is 0.723. The Morgan fingerprint density at radius 2 is 1.75 bits per heavy atom. The standard InChI is InChI=1S/C14H19NO5/c1-3-8-15-13(16)9-20-14(17)10-19-12-6-4-11(18-2)5-7-12/h4-7H,3,8-10H2,1-2H3,(H,15,16). The molecular formula is C14H19NO5. The van der Waals surface area contributed by atoms with Crippen LogP contribution in [0.25, 0.3) is 0 Å². The number of methoxy groups -OCH3 is 1. The maximum absolute atomic E-state index is 11.4. The van der Waals surface area contributed by atoms with Crippen LogP contribution in [0.3, 0.4) is 0 Å². The van der Waals surface area contributed by atoms with E-state index in [0.717, 1.165) is 6.42 Å². The Morgan fingerprint density at radius 1 is 1.10 bits per heavy atom. The first kappa shape index (κ1) is 15.8. The van der Waals surface area contributed by atoms with Gasteiger partial charge in [-0.25, -0.2) is 4.79 Å². The van der Waals surface area contributed by atoms with E-state index in [1.54, 1.807) is 31.4 Å². The van der Waals surface area contributed by atoms with Gasteiger partial charge in [0.1, 0.15) is 11.5 Å². The smallest absolute Gasteiger partial charge is 0.344 e. The van der Waals surface area contributed by atoms with Crippen molar-refractivity contribution in [1.82, 2.24) is 5.32 Å². The lowest BCUT2D eigenvalue weighted by atomic mass is 10.3. The highest BCUT2D eigenvalue weighted by molar-refractivity contribution is 5.80. The molecule has 0 aliphatic heterocycles. The van der Waals surface area contributed by atoms with Gasteiger partial charge in [-0.15, -0.1) is 0 Å². The van der Waals surface area contributed by atoms with E-state index in [2.05, 4.69) is 5.32 Å². The van der Waals surface area contributed by atoms with Gasteiger partial charge in [0.05, 0.1) is 7.11 Å². The molecule has 1 rings (SSSR count). The van der Waals surface area contributed by atoms with Gasteiger partial charge < -0.3 is 19.5 Å². The zero-order chi connectivity index (χ0) is 14.8. The molecule has 20 heavy (non-hydrogen) atoms. The van der Waals surface area contributed by atoms with Crippen molar-refractivity contribution in [3.8, 4) is 11.5 Å². The zero-order valence-corrected chi connectivity index (χ0v) is 11.7. The Labute approximate surface area is 118 Å². The van der Waals surface area contributed by atoms with Crippen molar-refractivity contribution < 1.29 is 23.8 Å². The van der Waals surface area contributed by atoms with Gasteiger partial charge in [-0.2, -0.15) is 0 Å². The fourth-order valence-electron chi connectivity index (χ4n) is 1.32. The van der Waals surface area contributed by atoms with Crippen LogP contribution in [-0.4, -0.2) is 38.7 Å². The highest BCUT2D eigenvalue weighted by Gasteiger charge is 2.07. The van der Waals surface area contributed by atoms with Crippen molar-refractivity contribution in [3.63, 3.8) is 0 Å². The monoisotopic (exact) mass is 281 g/mol. The highest BCUT2D eigenvalue weighted by atomic mass is 16.6. The number of amides is 1. The Morgan fingerprint density at radius 3 is 2.35 bits per heavy atom. The molecule has 0 saturated heterocycles. The number of benzene rings is 1. The first-order chi connectivity index (χ1) is 9.65. The highest BCUT2D eigenvalue weighted by Crippen LogP contribution is 2.16. The van der Waals surface area contributed by atoms with E-state index in [1.165, 1.54) is 0 Å². The minimum atomic E-state index is -0.590. The van der Waals surface area contributed by atoms with Crippen LogP contribution in [-0.2, 0) is 14.3 Å². The van der Waals surface area contributed by atoms with Gasteiger partial charge in [-0.3, -0.25) is 4.79 Å². The Kier molecular flexibility index (Phi) is 6.95. The van der Waals surface area contributed by atoms with Gasteiger partial charge in [0.2, 0.25) is 0 Å². The summed E-state index contributed by atoms with van der Waals surface area (Å²) < 4.78 is 15.0. The number of carbonyl (C=O) groups is 2. The average Bonchev–Trinajstić information content (AvgIpc) is 2.49. The number of esters is 1. The van der Waals surface area contributed by atoms with Crippen LogP contribution in [0.4, 0.5) is 0 Å². The first-order valence-corrected chi connectivity index (χ1v) is 6.35. The van der Waals surface area contributed by atoms with Crippen LogP contribution in [0.1, 0.15) is 13.3 Å². The Hall–Kier alpha value is -2.24. The molecule has 0 aliphatic carbocycles. The molecule has 0 unspecified atom stereocenters. The molecule has 1 aromatic carbocycles. The molecule has 0 saturated carbocycles. The first-order valence-electron chi connectivity index (χ1n) is 6.35. The number of rotatable bonds is 8. The van der Waals surface area contributed by atoms with Crippen molar-refractivity contribution in [1.29, 1.82) is 0 Å². The van der Waals surface area contributed by atoms with Crippen LogP contribution in [0.5, 0.6) is 11.5 Å². The Bertz CT molecular complexity index is 430. The van der Waals surface area contributed by atoms with E-state index < -0.39 is 5.97 Å². The van der Waals surface area contributed by atoms with E-state index in [-0.39, 0.29) is 19.1 Å². The van der Waals surface area contributed by atoms with E-state index in [9.17, 15) is 9.59 Å². The molecule has 0 aliphatic rings. The van der Waals surface area contributed by atoms with E-state index >= 15 is 0 Å².